The molecule has 6 nitrogen and oxygen atoms in total. The molecule has 14 heavy (non-hydrogen) atoms. The van der Waals surface area contributed by atoms with Crippen LogP contribution in [0.3, 0.4) is 0 Å². The zero-order chi connectivity index (χ0) is 10.4. The van der Waals surface area contributed by atoms with Crippen molar-refractivity contribution in [3.05, 3.63) is 18.2 Å². The van der Waals surface area contributed by atoms with Crippen LogP contribution >= 0.6 is 0 Å². The summed E-state index contributed by atoms with van der Waals surface area (Å²) in [6.45, 7) is 1.09. The Hall–Kier alpha value is -0.920. The summed E-state index contributed by atoms with van der Waals surface area (Å²) in [5.41, 5.74) is 1.02. The van der Waals surface area contributed by atoms with E-state index < -0.39 is 10.0 Å². The second-order valence-corrected chi connectivity index (χ2v) is 4.68. The number of nitrogens with one attached hydrogen (secondary N) is 2. The van der Waals surface area contributed by atoms with Crippen molar-refractivity contribution < 1.29 is 8.42 Å². The number of nitrogens with two attached hydrogens (primary N) is 1. The molecule has 0 aliphatic rings. The van der Waals surface area contributed by atoms with Crippen LogP contribution in [-0.4, -0.2) is 37.2 Å². The van der Waals surface area contributed by atoms with E-state index in [1.54, 1.807) is 12.5 Å². The molecule has 1 rings (SSSR count). The normalized spacial score (nSPS) is 11.8. The Labute approximate surface area is 83.0 Å². The Kier molecular flexibility index (Phi) is 4.05. The fourth-order valence-electron chi connectivity index (χ4n) is 0.984. The number of primary sulfonamides is 1. The molecule has 0 aromatic carbocycles. The summed E-state index contributed by atoms with van der Waals surface area (Å²) in [6.07, 6.45) is 4.14. The second kappa shape index (κ2) is 5.08. The minimum absolute atomic E-state index is 0.0318. The lowest BCUT2D eigenvalue weighted by atomic mass is 10.3. The molecule has 1 aromatic rings. The molecule has 4 N–H and O–H groups in total. The number of hydrogen-bond acceptors (Lipinski definition) is 4. The highest BCUT2D eigenvalue weighted by Gasteiger charge is 2.00. The molecule has 0 radical (unpaired) electrons. The Bertz CT molecular complexity index is 346. The van der Waals surface area contributed by atoms with Crippen LogP contribution in [0, 0.1) is 0 Å². The maximum absolute atomic E-state index is 10.5. The van der Waals surface area contributed by atoms with Crippen LogP contribution in [0.2, 0.25) is 0 Å². The highest BCUT2D eigenvalue weighted by atomic mass is 32.2. The molecule has 0 saturated heterocycles. The van der Waals surface area contributed by atoms with Crippen molar-refractivity contribution in [2.75, 3.05) is 18.8 Å². The van der Waals surface area contributed by atoms with Gasteiger partial charge in [-0.05, 0) is 0 Å². The SMILES string of the molecule is NS(=O)(=O)CCNCCc1cnc[nH]1. The Balaban J connectivity index is 2.06. The van der Waals surface area contributed by atoms with E-state index in [2.05, 4.69) is 15.3 Å². The molecule has 0 amide bonds. The van der Waals surface area contributed by atoms with Crippen LogP contribution < -0.4 is 10.5 Å². The van der Waals surface area contributed by atoms with Gasteiger partial charge in [0.15, 0.2) is 0 Å². The summed E-state index contributed by atoms with van der Waals surface area (Å²) in [5, 5.41) is 7.80. The summed E-state index contributed by atoms with van der Waals surface area (Å²) in [4.78, 5) is 6.81. The molecule has 0 fully saturated rings. The number of sulfonamides is 1. The van der Waals surface area contributed by atoms with Crippen molar-refractivity contribution in [2.45, 2.75) is 6.42 Å². The van der Waals surface area contributed by atoms with E-state index in [0.29, 0.717) is 13.1 Å². The van der Waals surface area contributed by atoms with Gasteiger partial charge in [-0.15, -0.1) is 0 Å². The van der Waals surface area contributed by atoms with E-state index in [-0.39, 0.29) is 5.75 Å². The maximum Gasteiger partial charge on any atom is 0.210 e. The average Bonchev–Trinajstić information content (AvgIpc) is 2.54. The molecular formula is C7H14N4O2S. The van der Waals surface area contributed by atoms with E-state index in [9.17, 15) is 8.42 Å². The lowest BCUT2D eigenvalue weighted by Gasteiger charge is -2.01. The van der Waals surface area contributed by atoms with Crippen molar-refractivity contribution in [2.24, 2.45) is 5.14 Å². The molecule has 0 unspecified atom stereocenters. The molecule has 0 atom stereocenters. The molecule has 7 heteroatoms. The van der Waals surface area contributed by atoms with Crippen molar-refractivity contribution >= 4 is 10.0 Å². The van der Waals surface area contributed by atoms with Crippen LogP contribution in [0.4, 0.5) is 0 Å². The van der Waals surface area contributed by atoms with Gasteiger partial charge in [0.05, 0.1) is 12.1 Å². The molecular weight excluding hydrogens is 204 g/mol. The first-order valence-corrected chi connectivity index (χ1v) is 5.98. The highest BCUT2D eigenvalue weighted by molar-refractivity contribution is 7.89. The van der Waals surface area contributed by atoms with Crippen LogP contribution in [-0.2, 0) is 16.4 Å². The third-order valence-corrected chi connectivity index (χ3v) is 2.46. The number of aromatic amines is 1. The van der Waals surface area contributed by atoms with Gasteiger partial charge in [0.1, 0.15) is 0 Å². The summed E-state index contributed by atoms with van der Waals surface area (Å²) >= 11 is 0. The second-order valence-electron chi connectivity index (χ2n) is 2.94. The predicted molar refractivity (Wildman–Crippen MR) is 53.1 cm³/mol. The third-order valence-electron chi connectivity index (χ3n) is 1.69. The number of rotatable bonds is 6. The van der Waals surface area contributed by atoms with Crippen molar-refractivity contribution in [1.29, 1.82) is 0 Å². The summed E-state index contributed by atoms with van der Waals surface area (Å²) in [5.74, 6) is -0.0318. The first kappa shape index (κ1) is 11.2. The number of nitrogens with zero attached hydrogens (tertiary/aromatic N) is 1. The van der Waals surface area contributed by atoms with E-state index in [4.69, 9.17) is 5.14 Å². The lowest BCUT2D eigenvalue weighted by Crippen LogP contribution is -2.28. The van der Waals surface area contributed by atoms with Gasteiger partial charge in [0.25, 0.3) is 0 Å². The Morgan fingerprint density at radius 3 is 2.86 bits per heavy atom. The van der Waals surface area contributed by atoms with Crippen molar-refractivity contribution in [3.63, 3.8) is 0 Å². The minimum atomic E-state index is -3.34. The van der Waals surface area contributed by atoms with Crippen molar-refractivity contribution in [3.8, 4) is 0 Å². The number of hydrogen-bond donors (Lipinski definition) is 3. The fraction of sp³-hybridized carbons (Fsp3) is 0.571. The van der Waals surface area contributed by atoms with Crippen molar-refractivity contribution in [1.82, 2.24) is 15.3 Å². The molecule has 1 heterocycles. The zero-order valence-electron chi connectivity index (χ0n) is 7.73. The molecule has 1 aromatic heterocycles. The number of imidazole rings is 1. The first-order valence-electron chi connectivity index (χ1n) is 4.26. The van der Waals surface area contributed by atoms with Gasteiger partial charge in [-0.25, -0.2) is 18.5 Å². The summed E-state index contributed by atoms with van der Waals surface area (Å²) in [6, 6.07) is 0. The quantitative estimate of drug-likeness (QED) is 0.524. The van der Waals surface area contributed by atoms with E-state index in [1.165, 1.54) is 0 Å². The molecule has 0 bridgehead atoms. The van der Waals surface area contributed by atoms with Crippen LogP contribution in [0.1, 0.15) is 5.69 Å². The molecule has 0 spiro atoms. The minimum Gasteiger partial charge on any atom is -0.348 e. The zero-order valence-corrected chi connectivity index (χ0v) is 8.55. The Morgan fingerprint density at radius 2 is 2.29 bits per heavy atom. The Morgan fingerprint density at radius 1 is 1.50 bits per heavy atom. The van der Waals surface area contributed by atoms with Crippen LogP contribution in [0.25, 0.3) is 0 Å². The van der Waals surface area contributed by atoms with Gasteiger partial charge in [-0.2, -0.15) is 0 Å². The van der Waals surface area contributed by atoms with Gasteiger partial charge in [-0.3, -0.25) is 0 Å². The van der Waals surface area contributed by atoms with Gasteiger partial charge in [0.2, 0.25) is 10.0 Å². The highest BCUT2D eigenvalue weighted by Crippen LogP contribution is 1.90. The topological polar surface area (TPSA) is 101 Å². The van der Waals surface area contributed by atoms with Gasteiger partial charge in [0, 0.05) is 31.4 Å². The third kappa shape index (κ3) is 4.95. The van der Waals surface area contributed by atoms with E-state index in [1.807, 2.05) is 0 Å². The van der Waals surface area contributed by atoms with Gasteiger partial charge < -0.3 is 10.3 Å². The molecule has 0 aliphatic carbocycles. The smallest absolute Gasteiger partial charge is 0.210 e. The fourth-order valence-corrected chi connectivity index (χ4v) is 1.41. The lowest BCUT2D eigenvalue weighted by molar-refractivity contribution is 0.592. The van der Waals surface area contributed by atoms with E-state index >= 15 is 0 Å². The average molecular weight is 218 g/mol. The van der Waals surface area contributed by atoms with Crippen LogP contribution in [0.15, 0.2) is 12.5 Å². The molecule has 80 valence electrons. The summed E-state index contributed by atoms with van der Waals surface area (Å²) < 4.78 is 21.1. The largest absolute Gasteiger partial charge is 0.348 e. The summed E-state index contributed by atoms with van der Waals surface area (Å²) in [7, 11) is -3.34. The number of H-pyrrole nitrogens is 1. The standard InChI is InChI=1S/C7H14N4O2S/c8-14(12,13)4-3-9-2-1-7-5-10-6-11-7/h5-6,9H,1-4H2,(H,10,11)(H2,8,12,13). The van der Waals surface area contributed by atoms with E-state index in [0.717, 1.165) is 12.1 Å². The monoisotopic (exact) mass is 218 g/mol. The number of aromatic nitrogens is 2. The first-order chi connectivity index (χ1) is 6.58. The maximum atomic E-state index is 10.5. The van der Waals surface area contributed by atoms with Gasteiger partial charge >= 0.3 is 0 Å². The predicted octanol–water partition coefficient (Wildman–Crippen LogP) is -1.17. The molecule has 0 aliphatic heterocycles. The van der Waals surface area contributed by atoms with Gasteiger partial charge in [-0.1, -0.05) is 0 Å². The molecule has 0 saturated carbocycles. The van der Waals surface area contributed by atoms with Crippen LogP contribution in [0.5, 0.6) is 0 Å².